The highest BCUT2D eigenvalue weighted by molar-refractivity contribution is 6.08. The number of nitrogens with zero attached hydrogens (tertiary/aromatic N) is 1. The van der Waals surface area contributed by atoms with Crippen LogP contribution in [0.4, 0.5) is 0 Å². The van der Waals surface area contributed by atoms with Crippen molar-refractivity contribution in [3.8, 4) is 0 Å². The summed E-state index contributed by atoms with van der Waals surface area (Å²) in [5.41, 5.74) is 1.81. The first kappa shape index (κ1) is 14.3. The molecule has 0 aliphatic carbocycles. The number of esters is 1. The van der Waals surface area contributed by atoms with Gasteiger partial charge in [-0.3, -0.25) is 4.99 Å². The van der Waals surface area contributed by atoms with Crippen molar-refractivity contribution in [1.82, 2.24) is 0 Å². The second-order valence-electron chi connectivity index (χ2n) is 4.45. The van der Waals surface area contributed by atoms with E-state index in [9.17, 15) is 4.79 Å². The number of hydrogen-bond donors (Lipinski definition) is 0. The van der Waals surface area contributed by atoms with Gasteiger partial charge in [-0.1, -0.05) is 31.5 Å². The van der Waals surface area contributed by atoms with Gasteiger partial charge < -0.3 is 9.47 Å². The molecule has 1 aliphatic rings. The van der Waals surface area contributed by atoms with E-state index in [-0.39, 0.29) is 0 Å². The molecule has 1 aromatic rings. The Morgan fingerprint density at radius 2 is 2.05 bits per heavy atom. The smallest absolute Gasteiger partial charge is 0.334 e. The Morgan fingerprint density at radius 1 is 1.30 bits per heavy atom. The van der Waals surface area contributed by atoms with E-state index in [2.05, 4.69) is 11.9 Å². The second kappa shape index (κ2) is 6.89. The molecule has 2 rings (SSSR count). The van der Waals surface area contributed by atoms with Crippen LogP contribution in [0, 0.1) is 0 Å². The van der Waals surface area contributed by atoms with Crippen molar-refractivity contribution < 1.29 is 14.3 Å². The summed E-state index contributed by atoms with van der Waals surface area (Å²) in [6, 6.07) is 7.72. The Balaban J connectivity index is 2.26. The molecule has 0 aromatic heterocycles. The van der Waals surface area contributed by atoms with Gasteiger partial charge in [-0.15, -0.1) is 0 Å². The number of aliphatic imine (C=N–C) groups is 1. The molecular formula is C16H19NO3. The van der Waals surface area contributed by atoms with Crippen LogP contribution in [0.1, 0.15) is 37.8 Å². The molecule has 0 radical (unpaired) electrons. The van der Waals surface area contributed by atoms with Crippen molar-refractivity contribution in [2.45, 2.75) is 26.7 Å². The van der Waals surface area contributed by atoms with E-state index < -0.39 is 5.97 Å². The minimum atomic E-state index is -0.396. The van der Waals surface area contributed by atoms with Gasteiger partial charge >= 0.3 is 5.97 Å². The van der Waals surface area contributed by atoms with E-state index in [0.29, 0.717) is 18.3 Å². The largest absolute Gasteiger partial charge is 0.463 e. The SMILES string of the molecule is CCCCN=C1O/C(=C/C(=O)OCC)c2ccccc21. The minimum absolute atomic E-state index is 0.349. The molecule has 0 spiro atoms. The second-order valence-corrected chi connectivity index (χ2v) is 4.45. The molecular weight excluding hydrogens is 254 g/mol. The summed E-state index contributed by atoms with van der Waals surface area (Å²) in [7, 11) is 0. The average molecular weight is 273 g/mol. The molecule has 1 aromatic carbocycles. The zero-order valence-corrected chi connectivity index (χ0v) is 11.9. The van der Waals surface area contributed by atoms with Gasteiger partial charge in [-0.05, 0) is 19.4 Å². The van der Waals surface area contributed by atoms with Crippen molar-refractivity contribution in [3.63, 3.8) is 0 Å². The molecule has 1 aliphatic heterocycles. The Kier molecular flexibility index (Phi) is 4.93. The third-order valence-electron chi connectivity index (χ3n) is 2.93. The summed E-state index contributed by atoms with van der Waals surface area (Å²) >= 11 is 0. The van der Waals surface area contributed by atoms with Gasteiger partial charge in [0.2, 0.25) is 5.90 Å². The summed E-state index contributed by atoms with van der Waals surface area (Å²) in [4.78, 5) is 16.0. The van der Waals surface area contributed by atoms with Gasteiger partial charge in [0, 0.05) is 17.7 Å². The van der Waals surface area contributed by atoms with Crippen LogP contribution in [0.25, 0.3) is 5.76 Å². The Labute approximate surface area is 119 Å². The molecule has 106 valence electrons. The lowest BCUT2D eigenvalue weighted by atomic mass is 10.1. The predicted octanol–water partition coefficient (Wildman–Crippen LogP) is 3.17. The molecule has 0 saturated carbocycles. The number of hydrogen-bond acceptors (Lipinski definition) is 4. The third-order valence-corrected chi connectivity index (χ3v) is 2.93. The van der Waals surface area contributed by atoms with E-state index in [1.165, 1.54) is 6.08 Å². The molecule has 20 heavy (non-hydrogen) atoms. The lowest BCUT2D eigenvalue weighted by Crippen LogP contribution is -2.01. The fraction of sp³-hybridized carbons (Fsp3) is 0.375. The summed E-state index contributed by atoms with van der Waals surface area (Å²) in [5.74, 6) is 0.700. The first-order valence-corrected chi connectivity index (χ1v) is 6.96. The van der Waals surface area contributed by atoms with Crippen molar-refractivity contribution >= 4 is 17.6 Å². The van der Waals surface area contributed by atoms with Crippen molar-refractivity contribution in [2.24, 2.45) is 4.99 Å². The summed E-state index contributed by atoms with van der Waals surface area (Å²) in [6.07, 6.45) is 3.49. The quantitative estimate of drug-likeness (QED) is 0.470. The van der Waals surface area contributed by atoms with Crippen LogP contribution in [-0.4, -0.2) is 25.0 Å². The summed E-state index contributed by atoms with van der Waals surface area (Å²) < 4.78 is 10.6. The van der Waals surface area contributed by atoms with Crippen LogP contribution < -0.4 is 0 Å². The van der Waals surface area contributed by atoms with Crippen LogP contribution >= 0.6 is 0 Å². The number of unbranched alkanes of at least 4 members (excludes halogenated alkanes) is 1. The number of carbonyl (C=O) groups excluding carboxylic acids is 1. The molecule has 0 amide bonds. The van der Waals surface area contributed by atoms with Crippen LogP contribution in [0.5, 0.6) is 0 Å². The van der Waals surface area contributed by atoms with Gasteiger partial charge in [-0.25, -0.2) is 4.79 Å². The fourth-order valence-corrected chi connectivity index (χ4v) is 1.95. The Morgan fingerprint density at radius 3 is 2.75 bits per heavy atom. The summed E-state index contributed by atoms with van der Waals surface area (Å²) in [6.45, 7) is 4.97. The van der Waals surface area contributed by atoms with Gasteiger partial charge in [-0.2, -0.15) is 0 Å². The number of benzene rings is 1. The Bertz CT molecular complexity index is 546. The predicted molar refractivity (Wildman–Crippen MR) is 78.4 cm³/mol. The molecule has 0 saturated heterocycles. The van der Waals surface area contributed by atoms with Crippen molar-refractivity contribution in [2.75, 3.05) is 13.2 Å². The van der Waals surface area contributed by atoms with Crippen LogP contribution in [-0.2, 0) is 14.3 Å². The van der Waals surface area contributed by atoms with Crippen molar-refractivity contribution in [1.29, 1.82) is 0 Å². The molecule has 0 N–H and O–H groups in total. The van der Waals surface area contributed by atoms with Crippen LogP contribution in [0.15, 0.2) is 35.3 Å². The fourth-order valence-electron chi connectivity index (χ4n) is 1.95. The molecule has 0 bridgehead atoms. The standard InChI is InChI=1S/C16H19NO3/c1-3-5-10-17-16-13-9-7-6-8-12(13)14(20-16)11-15(18)19-4-2/h6-9,11H,3-5,10H2,1-2H3/b14-11+,17-16?. The normalized spacial score (nSPS) is 17.1. The first-order chi connectivity index (χ1) is 9.76. The van der Waals surface area contributed by atoms with Gasteiger partial charge in [0.1, 0.15) is 5.76 Å². The maximum absolute atomic E-state index is 11.6. The zero-order chi connectivity index (χ0) is 14.4. The first-order valence-electron chi connectivity index (χ1n) is 6.96. The van der Waals surface area contributed by atoms with Gasteiger partial charge in [0.05, 0.1) is 12.7 Å². The highest BCUT2D eigenvalue weighted by atomic mass is 16.5. The van der Waals surface area contributed by atoms with Gasteiger partial charge in [0.15, 0.2) is 0 Å². The van der Waals surface area contributed by atoms with E-state index in [1.54, 1.807) is 6.92 Å². The number of fused-ring (bicyclic) bond motifs is 1. The lowest BCUT2D eigenvalue weighted by molar-refractivity contribution is -0.137. The van der Waals surface area contributed by atoms with E-state index in [0.717, 1.165) is 30.5 Å². The molecule has 1 heterocycles. The van der Waals surface area contributed by atoms with Crippen LogP contribution in [0.3, 0.4) is 0 Å². The Hall–Kier alpha value is -2.10. The van der Waals surface area contributed by atoms with Crippen molar-refractivity contribution in [3.05, 3.63) is 41.5 Å². The number of ether oxygens (including phenoxy) is 2. The summed E-state index contributed by atoms with van der Waals surface area (Å²) in [5, 5.41) is 0. The molecule has 0 unspecified atom stereocenters. The van der Waals surface area contributed by atoms with E-state index in [1.807, 2.05) is 24.3 Å². The molecule has 0 fully saturated rings. The maximum atomic E-state index is 11.6. The maximum Gasteiger partial charge on any atom is 0.334 e. The van der Waals surface area contributed by atoms with Gasteiger partial charge in [0.25, 0.3) is 0 Å². The highest BCUT2D eigenvalue weighted by Crippen LogP contribution is 2.30. The monoisotopic (exact) mass is 273 g/mol. The minimum Gasteiger partial charge on any atom is -0.463 e. The third kappa shape index (κ3) is 3.26. The highest BCUT2D eigenvalue weighted by Gasteiger charge is 2.24. The average Bonchev–Trinajstić information content (AvgIpc) is 2.78. The van der Waals surface area contributed by atoms with E-state index in [4.69, 9.17) is 9.47 Å². The molecule has 4 nitrogen and oxygen atoms in total. The zero-order valence-electron chi connectivity index (χ0n) is 11.9. The topological polar surface area (TPSA) is 47.9 Å². The lowest BCUT2D eigenvalue weighted by Gasteiger charge is -2.00. The molecule has 4 heteroatoms. The van der Waals surface area contributed by atoms with Crippen LogP contribution in [0.2, 0.25) is 0 Å². The molecule has 0 atom stereocenters. The number of rotatable bonds is 5. The van der Waals surface area contributed by atoms with E-state index >= 15 is 0 Å². The number of carbonyl (C=O) groups is 1.